The molecule has 1 aliphatic heterocycles. The summed E-state index contributed by atoms with van der Waals surface area (Å²) in [5, 5.41) is 26.8. The van der Waals surface area contributed by atoms with E-state index in [9.17, 15) is 33.0 Å². The molecule has 0 aliphatic carbocycles. The second-order valence-corrected chi connectivity index (χ2v) is 9.59. The predicted molar refractivity (Wildman–Crippen MR) is 122 cm³/mol. The van der Waals surface area contributed by atoms with Crippen LogP contribution >= 0.6 is 15.9 Å². The number of hydrogen-bond acceptors (Lipinski definition) is 6. The third kappa shape index (κ3) is 4.80. The van der Waals surface area contributed by atoms with E-state index in [0.29, 0.717) is 27.6 Å². The fourth-order valence-corrected chi connectivity index (χ4v) is 4.24. The van der Waals surface area contributed by atoms with E-state index in [1.54, 1.807) is 6.92 Å². The smallest absolute Gasteiger partial charge is 0.426 e. The number of phenols is 1. The topological polar surface area (TPSA) is 108 Å². The standard InChI is InChI=1S/C23H22BrF3N2O5/c1-12-16-9-14(5-6-15(16)19(10-30)34-29-12)28-20(32)22(33,23(25,26)27)11-21(2,3)17-7-4-13(24)8-18(17)31/h4-10,19,31,33H,11H2,1-3H3,(H,28,32). The molecule has 2 aromatic rings. The number of anilines is 1. The Hall–Kier alpha value is -2.92. The normalized spacial score (nSPS) is 17.6. The number of phenolic OH excluding ortho intramolecular Hbond substituents is 1. The minimum atomic E-state index is -5.32. The Labute approximate surface area is 201 Å². The lowest BCUT2D eigenvalue weighted by Crippen LogP contribution is -2.57. The van der Waals surface area contributed by atoms with Crippen molar-refractivity contribution >= 4 is 39.5 Å². The van der Waals surface area contributed by atoms with Gasteiger partial charge in [-0.3, -0.25) is 9.59 Å². The lowest BCUT2D eigenvalue weighted by Gasteiger charge is -2.37. The molecule has 0 saturated heterocycles. The molecule has 2 aromatic carbocycles. The first-order valence-electron chi connectivity index (χ1n) is 10.1. The number of alkyl halides is 3. The van der Waals surface area contributed by atoms with Crippen molar-refractivity contribution in [3.8, 4) is 5.75 Å². The molecule has 1 heterocycles. The Bertz CT molecular complexity index is 1170. The highest BCUT2D eigenvalue weighted by atomic mass is 79.9. The van der Waals surface area contributed by atoms with Crippen molar-refractivity contribution in [1.82, 2.24) is 0 Å². The lowest BCUT2D eigenvalue weighted by atomic mass is 9.74. The minimum Gasteiger partial charge on any atom is -0.508 e. The summed E-state index contributed by atoms with van der Waals surface area (Å²) in [7, 11) is 0. The fraction of sp³-hybridized carbons (Fsp3) is 0.348. The van der Waals surface area contributed by atoms with Crippen molar-refractivity contribution in [1.29, 1.82) is 0 Å². The summed E-state index contributed by atoms with van der Waals surface area (Å²) in [6.07, 6.45) is -6.83. The van der Waals surface area contributed by atoms with Crippen LogP contribution in [0.2, 0.25) is 0 Å². The summed E-state index contributed by atoms with van der Waals surface area (Å²) in [4.78, 5) is 29.0. The SMILES string of the molecule is CC1=NOC(C=O)c2ccc(NC(=O)C(O)(CC(C)(C)c3ccc(Br)cc3O)C(F)(F)F)cc21. The third-order valence-electron chi connectivity index (χ3n) is 5.67. The number of benzene rings is 2. The number of carbonyl (C=O) groups excluding carboxylic acids is 2. The van der Waals surface area contributed by atoms with Crippen LogP contribution in [0.4, 0.5) is 18.9 Å². The van der Waals surface area contributed by atoms with Gasteiger partial charge in [-0.15, -0.1) is 0 Å². The van der Waals surface area contributed by atoms with Crippen LogP contribution in [-0.4, -0.2) is 39.9 Å². The number of fused-ring (bicyclic) bond motifs is 1. The molecule has 0 bridgehead atoms. The summed E-state index contributed by atoms with van der Waals surface area (Å²) in [5.41, 5.74) is -3.90. The Balaban J connectivity index is 1.94. The van der Waals surface area contributed by atoms with Gasteiger partial charge in [0.15, 0.2) is 6.29 Å². The molecule has 0 aromatic heterocycles. The molecule has 3 N–H and O–H groups in total. The molecule has 0 spiro atoms. The zero-order chi connectivity index (χ0) is 25.5. The summed E-state index contributed by atoms with van der Waals surface area (Å²) in [5.74, 6) is -1.96. The summed E-state index contributed by atoms with van der Waals surface area (Å²) < 4.78 is 42.7. The number of aromatic hydroxyl groups is 1. The van der Waals surface area contributed by atoms with Crippen molar-refractivity contribution in [3.63, 3.8) is 0 Å². The van der Waals surface area contributed by atoms with Crippen molar-refractivity contribution in [3.05, 3.63) is 57.6 Å². The molecule has 1 aliphatic rings. The van der Waals surface area contributed by atoms with Gasteiger partial charge in [-0.1, -0.05) is 47.1 Å². The Morgan fingerprint density at radius 1 is 1.24 bits per heavy atom. The summed E-state index contributed by atoms with van der Waals surface area (Å²) in [6.45, 7) is 4.35. The molecule has 0 saturated carbocycles. The largest absolute Gasteiger partial charge is 0.508 e. The van der Waals surface area contributed by atoms with Gasteiger partial charge in [-0.2, -0.15) is 13.2 Å². The molecular weight excluding hydrogens is 521 g/mol. The van der Waals surface area contributed by atoms with E-state index in [0.717, 1.165) is 0 Å². The molecule has 2 unspecified atom stereocenters. The van der Waals surface area contributed by atoms with Gasteiger partial charge < -0.3 is 20.4 Å². The van der Waals surface area contributed by atoms with Crippen molar-refractivity contribution in [2.45, 2.75) is 50.5 Å². The van der Waals surface area contributed by atoms with E-state index in [4.69, 9.17) is 4.84 Å². The number of nitrogens with one attached hydrogen (secondary N) is 1. The first kappa shape index (κ1) is 25.7. The van der Waals surface area contributed by atoms with Crippen LogP contribution in [0.5, 0.6) is 5.75 Å². The van der Waals surface area contributed by atoms with Gasteiger partial charge in [0.05, 0.1) is 5.71 Å². The number of nitrogens with zero attached hydrogens (tertiary/aromatic N) is 1. The first-order valence-corrected chi connectivity index (χ1v) is 10.9. The number of rotatable bonds is 6. The molecular formula is C23H22BrF3N2O5. The zero-order valence-electron chi connectivity index (χ0n) is 18.4. The highest BCUT2D eigenvalue weighted by molar-refractivity contribution is 9.10. The molecule has 34 heavy (non-hydrogen) atoms. The fourth-order valence-electron chi connectivity index (χ4n) is 3.89. The van der Waals surface area contributed by atoms with Crippen LogP contribution in [-0.2, 0) is 19.8 Å². The highest BCUT2D eigenvalue weighted by Crippen LogP contribution is 2.44. The molecule has 11 heteroatoms. The molecule has 1 amide bonds. The molecule has 182 valence electrons. The van der Waals surface area contributed by atoms with E-state index in [1.807, 2.05) is 0 Å². The quantitative estimate of drug-likeness (QED) is 0.456. The summed E-state index contributed by atoms with van der Waals surface area (Å²) >= 11 is 3.17. The average Bonchev–Trinajstić information content (AvgIpc) is 2.72. The second-order valence-electron chi connectivity index (χ2n) is 8.68. The molecule has 2 atom stereocenters. The second kappa shape index (κ2) is 9.03. The zero-order valence-corrected chi connectivity index (χ0v) is 20.0. The molecule has 0 fully saturated rings. The highest BCUT2D eigenvalue weighted by Gasteiger charge is 2.61. The Kier molecular flexibility index (Phi) is 6.82. The molecule has 3 rings (SSSR count). The van der Waals surface area contributed by atoms with Crippen LogP contribution in [0, 0.1) is 0 Å². The Morgan fingerprint density at radius 3 is 2.50 bits per heavy atom. The van der Waals surface area contributed by atoms with Crippen LogP contribution in [0.15, 0.2) is 46.0 Å². The van der Waals surface area contributed by atoms with E-state index < -0.39 is 35.6 Å². The van der Waals surface area contributed by atoms with Gasteiger partial charge in [0.2, 0.25) is 11.7 Å². The summed E-state index contributed by atoms with van der Waals surface area (Å²) in [6, 6.07) is 8.36. The monoisotopic (exact) mass is 542 g/mol. The van der Waals surface area contributed by atoms with E-state index in [1.165, 1.54) is 50.2 Å². The van der Waals surface area contributed by atoms with Crippen LogP contribution in [0.25, 0.3) is 0 Å². The van der Waals surface area contributed by atoms with E-state index in [-0.39, 0.29) is 17.0 Å². The van der Waals surface area contributed by atoms with Crippen molar-refractivity contribution in [2.24, 2.45) is 5.16 Å². The number of oxime groups is 1. The van der Waals surface area contributed by atoms with Crippen LogP contribution < -0.4 is 5.32 Å². The van der Waals surface area contributed by atoms with Gasteiger partial charge in [0, 0.05) is 27.7 Å². The minimum absolute atomic E-state index is 0.0307. The van der Waals surface area contributed by atoms with Gasteiger partial charge in [-0.25, -0.2) is 0 Å². The van der Waals surface area contributed by atoms with Gasteiger partial charge in [0.25, 0.3) is 5.91 Å². The first-order chi connectivity index (χ1) is 15.7. The number of carbonyl (C=O) groups is 2. The molecule has 0 radical (unpaired) electrons. The number of aliphatic hydroxyl groups is 1. The maximum atomic E-state index is 14.0. The lowest BCUT2D eigenvalue weighted by molar-refractivity contribution is -0.254. The van der Waals surface area contributed by atoms with Gasteiger partial charge in [-0.05, 0) is 42.2 Å². The van der Waals surface area contributed by atoms with Crippen LogP contribution in [0.3, 0.4) is 0 Å². The van der Waals surface area contributed by atoms with Crippen LogP contribution in [0.1, 0.15) is 50.0 Å². The van der Waals surface area contributed by atoms with E-state index >= 15 is 0 Å². The number of halogens is 4. The number of aldehydes is 1. The van der Waals surface area contributed by atoms with Crippen molar-refractivity contribution < 1.29 is 37.8 Å². The predicted octanol–water partition coefficient (Wildman–Crippen LogP) is 4.75. The van der Waals surface area contributed by atoms with E-state index in [2.05, 4.69) is 26.4 Å². The maximum Gasteiger partial charge on any atom is 0.426 e. The van der Waals surface area contributed by atoms with Crippen molar-refractivity contribution in [2.75, 3.05) is 5.32 Å². The Morgan fingerprint density at radius 2 is 1.91 bits per heavy atom. The van der Waals surface area contributed by atoms with Gasteiger partial charge >= 0.3 is 6.18 Å². The number of hydrogen-bond donors (Lipinski definition) is 3. The average molecular weight is 543 g/mol. The van der Waals surface area contributed by atoms with Gasteiger partial charge in [0.1, 0.15) is 5.75 Å². The third-order valence-corrected chi connectivity index (χ3v) is 6.16. The maximum absolute atomic E-state index is 14.0. The number of amides is 1. The molecule has 7 nitrogen and oxygen atoms in total.